The fraction of sp³-hybridized carbons (Fsp3) is 0.364. The molecule has 0 bridgehead atoms. The number of carbonyl (C=O) groups is 1. The van der Waals surface area contributed by atoms with E-state index in [0.29, 0.717) is 12.2 Å². The Labute approximate surface area is 112 Å². The van der Waals surface area contributed by atoms with E-state index in [-0.39, 0.29) is 16.5 Å². The van der Waals surface area contributed by atoms with Gasteiger partial charge in [0.15, 0.2) is 0 Å². The predicted molar refractivity (Wildman–Crippen MR) is 74.0 cm³/mol. The molecule has 0 aliphatic heterocycles. The highest BCUT2D eigenvalue weighted by Crippen LogP contribution is 2.21. The van der Waals surface area contributed by atoms with Crippen molar-refractivity contribution in [2.45, 2.75) is 24.8 Å². The first-order valence-electron chi connectivity index (χ1n) is 5.72. The minimum Gasteiger partial charge on any atom is -0.398 e. The van der Waals surface area contributed by atoms with Crippen LogP contribution in [0.25, 0.3) is 0 Å². The van der Waals surface area contributed by atoms with Crippen molar-refractivity contribution < 1.29 is 13.2 Å². The molecule has 19 heavy (non-hydrogen) atoms. The number of nitrogens with two attached hydrogens (primary N) is 2. The second-order valence-corrected chi connectivity index (χ2v) is 5.59. The van der Waals surface area contributed by atoms with E-state index < -0.39 is 16.1 Å². The van der Waals surface area contributed by atoms with Crippen LogP contribution in [0, 0.1) is 0 Å². The summed E-state index contributed by atoms with van der Waals surface area (Å²) in [5, 5.41) is 10.6. The number of primary sulfonamides is 1. The standard InChI is InChI=1S/C11H18N4O3S/c1-3-14-11(16)7(2)15-8-4-5-10(9(12)6-8)19(13,17)18/h4-7,15H,3,12H2,1-2H3,(H,14,16)(H2,13,17,18). The number of hydrogen-bond donors (Lipinski definition) is 4. The number of sulfonamides is 1. The van der Waals surface area contributed by atoms with Crippen LogP contribution in [0.3, 0.4) is 0 Å². The summed E-state index contributed by atoms with van der Waals surface area (Å²) in [5.41, 5.74) is 6.20. The van der Waals surface area contributed by atoms with Crippen molar-refractivity contribution in [2.75, 3.05) is 17.6 Å². The number of anilines is 2. The molecule has 0 radical (unpaired) electrons. The topological polar surface area (TPSA) is 127 Å². The first-order valence-corrected chi connectivity index (χ1v) is 7.27. The number of carbonyl (C=O) groups excluding carboxylic acids is 1. The van der Waals surface area contributed by atoms with Gasteiger partial charge in [0, 0.05) is 12.2 Å². The molecule has 0 saturated heterocycles. The summed E-state index contributed by atoms with van der Waals surface area (Å²) in [5.74, 6) is -0.156. The fourth-order valence-electron chi connectivity index (χ4n) is 1.54. The highest BCUT2D eigenvalue weighted by molar-refractivity contribution is 7.89. The predicted octanol–water partition coefficient (Wildman–Crippen LogP) is -0.147. The largest absolute Gasteiger partial charge is 0.398 e. The lowest BCUT2D eigenvalue weighted by atomic mass is 10.2. The molecule has 0 saturated carbocycles. The maximum absolute atomic E-state index is 11.5. The molecule has 7 nitrogen and oxygen atoms in total. The van der Waals surface area contributed by atoms with Crippen LogP contribution in [0.15, 0.2) is 23.1 Å². The van der Waals surface area contributed by atoms with E-state index in [2.05, 4.69) is 10.6 Å². The van der Waals surface area contributed by atoms with Crippen molar-refractivity contribution in [3.05, 3.63) is 18.2 Å². The SMILES string of the molecule is CCNC(=O)C(C)Nc1ccc(S(N)(=O)=O)c(N)c1. The Balaban J connectivity index is 2.88. The smallest absolute Gasteiger partial charge is 0.242 e. The van der Waals surface area contributed by atoms with Crippen LogP contribution >= 0.6 is 0 Å². The number of nitrogen functional groups attached to an aromatic ring is 1. The molecule has 1 aromatic rings. The van der Waals surface area contributed by atoms with Crippen LogP contribution in [-0.4, -0.2) is 26.9 Å². The molecule has 0 aromatic heterocycles. The van der Waals surface area contributed by atoms with Crippen LogP contribution < -0.4 is 21.5 Å². The molecule has 106 valence electrons. The first kappa shape index (κ1) is 15.3. The van der Waals surface area contributed by atoms with Gasteiger partial charge in [-0.3, -0.25) is 4.79 Å². The average molecular weight is 286 g/mol. The van der Waals surface area contributed by atoms with Crippen LogP contribution in [0.4, 0.5) is 11.4 Å². The van der Waals surface area contributed by atoms with Crippen LogP contribution in [0.5, 0.6) is 0 Å². The zero-order valence-electron chi connectivity index (χ0n) is 10.8. The molecule has 0 aliphatic rings. The van der Waals surface area contributed by atoms with Gasteiger partial charge in [0.05, 0.1) is 5.69 Å². The van der Waals surface area contributed by atoms with Crippen molar-refractivity contribution in [3.8, 4) is 0 Å². The lowest BCUT2D eigenvalue weighted by Crippen LogP contribution is -2.37. The van der Waals surface area contributed by atoms with Crippen molar-refractivity contribution in [2.24, 2.45) is 5.14 Å². The number of benzene rings is 1. The van der Waals surface area contributed by atoms with Gasteiger partial charge in [0.2, 0.25) is 15.9 Å². The third kappa shape index (κ3) is 4.11. The van der Waals surface area contributed by atoms with Crippen molar-refractivity contribution >= 4 is 27.3 Å². The van der Waals surface area contributed by atoms with Gasteiger partial charge in [-0.2, -0.15) is 0 Å². The van der Waals surface area contributed by atoms with Gasteiger partial charge >= 0.3 is 0 Å². The molecule has 1 rings (SSSR count). The lowest BCUT2D eigenvalue weighted by Gasteiger charge is -2.15. The number of likely N-dealkylation sites (N-methyl/N-ethyl adjacent to an activating group) is 1. The summed E-state index contributed by atoms with van der Waals surface area (Å²) in [6.07, 6.45) is 0. The summed E-state index contributed by atoms with van der Waals surface area (Å²) >= 11 is 0. The molecule has 8 heteroatoms. The Morgan fingerprint density at radius 2 is 2.05 bits per heavy atom. The number of amides is 1. The molecule has 1 amide bonds. The Bertz CT molecular complexity index is 571. The Hall–Kier alpha value is -1.80. The van der Waals surface area contributed by atoms with E-state index in [1.165, 1.54) is 18.2 Å². The van der Waals surface area contributed by atoms with E-state index in [9.17, 15) is 13.2 Å². The molecule has 1 atom stereocenters. The maximum atomic E-state index is 11.5. The summed E-state index contributed by atoms with van der Waals surface area (Å²) in [6.45, 7) is 4.05. The monoisotopic (exact) mass is 286 g/mol. The van der Waals surface area contributed by atoms with E-state index in [1.54, 1.807) is 6.92 Å². The number of nitrogens with one attached hydrogen (secondary N) is 2. The van der Waals surface area contributed by atoms with E-state index in [1.807, 2.05) is 6.92 Å². The van der Waals surface area contributed by atoms with Gasteiger partial charge in [-0.05, 0) is 32.0 Å². The minimum atomic E-state index is -3.84. The van der Waals surface area contributed by atoms with Gasteiger partial charge in [-0.25, -0.2) is 13.6 Å². The average Bonchev–Trinajstić information content (AvgIpc) is 2.27. The van der Waals surface area contributed by atoms with E-state index >= 15 is 0 Å². The Kier molecular flexibility index (Phi) is 4.73. The van der Waals surface area contributed by atoms with Crippen molar-refractivity contribution in [1.82, 2.24) is 5.32 Å². The molecule has 1 unspecified atom stereocenters. The molecule has 0 spiro atoms. The second-order valence-electron chi connectivity index (χ2n) is 4.06. The zero-order chi connectivity index (χ0) is 14.6. The molecule has 1 aromatic carbocycles. The Morgan fingerprint density at radius 3 is 2.53 bits per heavy atom. The summed E-state index contributed by atoms with van der Waals surface area (Å²) in [6, 6.07) is 3.78. The second kappa shape index (κ2) is 5.89. The first-order chi connectivity index (χ1) is 8.75. The van der Waals surface area contributed by atoms with Crippen LogP contribution in [-0.2, 0) is 14.8 Å². The van der Waals surface area contributed by atoms with E-state index in [4.69, 9.17) is 10.9 Å². The van der Waals surface area contributed by atoms with Crippen molar-refractivity contribution in [1.29, 1.82) is 0 Å². The molecular formula is C11H18N4O3S. The quantitative estimate of drug-likeness (QED) is 0.560. The third-order valence-corrected chi connectivity index (χ3v) is 3.43. The summed E-state index contributed by atoms with van der Waals surface area (Å²) < 4.78 is 22.4. The van der Waals surface area contributed by atoms with Gasteiger partial charge in [0.1, 0.15) is 10.9 Å². The molecule has 0 aliphatic carbocycles. The number of rotatable bonds is 5. The van der Waals surface area contributed by atoms with Gasteiger partial charge in [-0.1, -0.05) is 0 Å². The minimum absolute atomic E-state index is 0.0376. The summed E-state index contributed by atoms with van der Waals surface area (Å²) in [4.78, 5) is 11.4. The molecular weight excluding hydrogens is 268 g/mol. The van der Waals surface area contributed by atoms with Crippen LogP contribution in [0.2, 0.25) is 0 Å². The molecule has 0 heterocycles. The van der Waals surface area contributed by atoms with E-state index in [0.717, 1.165) is 0 Å². The van der Waals surface area contributed by atoms with Gasteiger partial charge < -0.3 is 16.4 Å². The molecule has 0 fully saturated rings. The highest BCUT2D eigenvalue weighted by atomic mass is 32.2. The van der Waals surface area contributed by atoms with Crippen molar-refractivity contribution in [3.63, 3.8) is 0 Å². The van der Waals surface area contributed by atoms with Gasteiger partial charge in [0.25, 0.3) is 0 Å². The highest BCUT2D eigenvalue weighted by Gasteiger charge is 2.15. The van der Waals surface area contributed by atoms with Gasteiger partial charge in [-0.15, -0.1) is 0 Å². The zero-order valence-corrected chi connectivity index (χ0v) is 11.6. The third-order valence-electron chi connectivity index (χ3n) is 2.44. The fourth-order valence-corrected chi connectivity index (χ4v) is 2.19. The Morgan fingerprint density at radius 1 is 1.42 bits per heavy atom. The maximum Gasteiger partial charge on any atom is 0.242 e. The van der Waals surface area contributed by atoms with Crippen LogP contribution in [0.1, 0.15) is 13.8 Å². The lowest BCUT2D eigenvalue weighted by molar-refractivity contribution is -0.121. The number of hydrogen-bond acceptors (Lipinski definition) is 5. The normalized spacial score (nSPS) is 12.8. The summed E-state index contributed by atoms with van der Waals surface area (Å²) in [7, 11) is -3.84. The molecule has 6 N–H and O–H groups in total.